The molecule has 0 saturated heterocycles. The highest BCUT2D eigenvalue weighted by molar-refractivity contribution is 5.69. The Kier molecular flexibility index (Phi) is 7.73. The number of anilines is 1. The van der Waals surface area contributed by atoms with E-state index in [9.17, 15) is 4.79 Å². The molecule has 0 aliphatic carbocycles. The van der Waals surface area contributed by atoms with Crippen LogP contribution in [0.25, 0.3) is 0 Å². The Labute approximate surface area is 125 Å². The fraction of sp³-hybridized carbons (Fsp3) is 0.500. The summed E-state index contributed by atoms with van der Waals surface area (Å²) in [5.74, 6) is 0.541. The van der Waals surface area contributed by atoms with Gasteiger partial charge in [0.1, 0.15) is 5.75 Å². The number of methoxy groups -OCH3 is 1. The molecule has 0 atom stereocenters. The van der Waals surface area contributed by atoms with Crippen LogP contribution in [-0.2, 0) is 9.53 Å². The number of carbonyl (C=O) groups is 1. The number of unbranched alkanes of at least 4 members (excludes halogenated alkanes) is 2. The molecule has 0 aliphatic heterocycles. The summed E-state index contributed by atoms with van der Waals surface area (Å²) >= 11 is 0. The first kappa shape index (κ1) is 16.8. The van der Waals surface area contributed by atoms with Gasteiger partial charge in [0, 0.05) is 19.0 Å². The zero-order chi connectivity index (χ0) is 15.5. The normalized spacial score (nSPS) is 9.76. The van der Waals surface area contributed by atoms with Gasteiger partial charge in [0.25, 0.3) is 0 Å². The maximum atomic E-state index is 11.2. The van der Waals surface area contributed by atoms with Gasteiger partial charge in [-0.2, -0.15) is 5.26 Å². The van der Waals surface area contributed by atoms with Crippen LogP contribution < -0.4 is 10.1 Å². The van der Waals surface area contributed by atoms with Crippen LogP contribution >= 0.6 is 0 Å². The van der Waals surface area contributed by atoms with E-state index in [4.69, 9.17) is 14.7 Å². The van der Waals surface area contributed by atoms with E-state index in [2.05, 4.69) is 11.4 Å². The Hall–Kier alpha value is -2.22. The van der Waals surface area contributed by atoms with Crippen molar-refractivity contribution in [2.24, 2.45) is 0 Å². The molecular weight excluding hydrogens is 268 g/mol. The molecule has 0 radical (unpaired) electrons. The molecule has 0 aromatic heterocycles. The molecule has 0 amide bonds. The van der Waals surface area contributed by atoms with Gasteiger partial charge in [-0.05, 0) is 31.9 Å². The van der Waals surface area contributed by atoms with Crippen LogP contribution in [0.1, 0.15) is 38.2 Å². The van der Waals surface area contributed by atoms with Crippen molar-refractivity contribution in [2.75, 3.05) is 25.6 Å². The molecule has 114 valence electrons. The van der Waals surface area contributed by atoms with Gasteiger partial charge in [0.15, 0.2) is 0 Å². The van der Waals surface area contributed by atoms with Gasteiger partial charge in [0.2, 0.25) is 0 Å². The molecule has 0 heterocycles. The van der Waals surface area contributed by atoms with Crippen molar-refractivity contribution in [2.45, 2.75) is 32.6 Å². The number of nitrogens with one attached hydrogen (secondary N) is 1. The lowest BCUT2D eigenvalue weighted by Crippen LogP contribution is -2.05. The van der Waals surface area contributed by atoms with Gasteiger partial charge in [-0.15, -0.1) is 0 Å². The molecule has 0 bridgehead atoms. The predicted octanol–water partition coefficient (Wildman–Crippen LogP) is 3.10. The summed E-state index contributed by atoms with van der Waals surface area (Å²) in [4.78, 5) is 11.2. The van der Waals surface area contributed by atoms with Gasteiger partial charge in [-0.3, -0.25) is 4.79 Å². The van der Waals surface area contributed by atoms with E-state index in [-0.39, 0.29) is 5.97 Å². The molecule has 0 fully saturated rings. The van der Waals surface area contributed by atoms with Crippen molar-refractivity contribution in [3.8, 4) is 11.8 Å². The van der Waals surface area contributed by atoms with E-state index in [1.807, 2.05) is 13.0 Å². The molecule has 21 heavy (non-hydrogen) atoms. The summed E-state index contributed by atoms with van der Waals surface area (Å²) in [5, 5.41) is 12.1. The van der Waals surface area contributed by atoms with E-state index in [0.717, 1.165) is 31.5 Å². The first-order chi connectivity index (χ1) is 10.2. The van der Waals surface area contributed by atoms with Crippen LogP contribution in [0.2, 0.25) is 0 Å². The van der Waals surface area contributed by atoms with E-state index in [1.54, 1.807) is 19.2 Å². The third-order valence-corrected chi connectivity index (χ3v) is 3.01. The van der Waals surface area contributed by atoms with E-state index >= 15 is 0 Å². The second-order valence-electron chi connectivity index (χ2n) is 4.57. The van der Waals surface area contributed by atoms with Crippen molar-refractivity contribution in [1.82, 2.24) is 0 Å². The quantitative estimate of drug-likeness (QED) is 0.559. The molecule has 0 aliphatic rings. The lowest BCUT2D eigenvalue weighted by molar-refractivity contribution is -0.143. The molecule has 0 saturated carbocycles. The number of carbonyl (C=O) groups excluding carboxylic acids is 1. The number of nitrogens with zero attached hydrogens (tertiary/aromatic N) is 1. The average molecular weight is 290 g/mol. The monoisotopic (exact) mass is 290 g/mol. The van der Waals surface area contributed by atoms with Crippen LogP contribution in [-0.4, -0.2) is 26.2 Å². The maximum Gasteiger partial charge on any atom is 0.305 e. The highest BCUT2D eigenvalue weighted by Gasteiger charge is 2.04. The minimum absolute atomic E-state index is 0.126. The lowest BCUT2D eigenvalue weighted by Gasteiger charge is -2.11. The Bertz CT molecular complexity index is 495. The van der Waals surface area contributed by atoms with Crippen molar-refractivity contribution in [3.05, 3.63) is 23.8 Å². The number of rotatable bonds is 9. The summed E-state index contributed by atoms with van der Waals surface area (Å²) < 4.78 is 10.1. The third kappa shape index (κ3) is 6.17. The predicted molar refractivity (Wildman–Crippen MR) is 81.3 cm³/mol. The van der Waals surface area contributed by atoms with Gasteiger partial charge in [0.05, 0.1) is 31.0 Å². The zero-order valence-electron chi connectivity index (χ0n) is 12.6. The minimum Gasteiger partial charge on any atom is -0.495 e. The van der Waals surface area contributed by atoms with Crippen LogP contribution in [0.3, 0.4) is 0 Å². The Balaban J connectivity index is 2.27. The van der Waals surface area contributed by atoms with E-state index < -0.39 is 0 Å². The lowest BCUT2D eigenvalue weighted by atomic mass is 10.1. The van der Waals surface area contributed by atoms with Crippen molar-refractivity contribution in [1.29, 1.82) is 5.26 Å². The van der Waals surface area contributed by atoms with E-state index in [1.165, 1.54) is 0 Å². The van der Waals surface area contributed by atoms with Gasteiger partial charge in [-0.25, -0.2) is 0 Å². The first-order valence-electron chi connectivity index (χ1n) is 7.19. The SMILES string of the molecule is CCOC(=O)CCCCCNc1ccc(C#N)cc1OC. The molecular formula is C16H22N2O3. The van der Waals surface area contributed by atoms with Crippen LogP contribution in [0, 0.1) is 11.3 Å². The molecule has 1 N–H and O–H groups in total. The highest BCUT2D eigenvalue weighted by Crippen LogP contribution is 2.25. The van der Waals surface area contributed by atoms with Gasteiger partial charge in [-0.1, -0.05) is 6.42 Å². The minimum atomic E-state index is -0.126. The fourth-order valence-electron chi connectivity index (χ4n) is 1.93. The summed E-state index contributed by atoms with van der Waals surface area (Å²) in [5.41, 5.74) is 1.45. The van der Waals surface area contributed by atoms with Crippen molar-refractivity contribution < 1.29 is 14.3 Å². The highest BCUT2D eigenvalue weighted by atomic mass is 16.5. The molecule has 5 heteroatoms. The molecule has 5 nitrogen and oxygen atoms in total. The van der Waals surface area contributed by atoms with Crippen LogP contribution in [0.5, 0.6) is 5.75 Å². The fourth-order valence-corrected chi connectivity index (χ4v) is 1.93. The smallest absolute Gasteiger partial charge is 0.305 e. The molecule has 1 aromatic rings. The topological polar surface area (TPSA) is 71.3 Å². The number of ether oxygens (including phenoxy) is 2. The first-order valence-corrected chi connectivity index (χ1v) is 7.19. The number of nitriles is 1. The number of hydrogen-bond acceptors (Lipinski definition) is 5. The van der Waals surface area contributed by atoms with Crippen LogP contribution in [0.4, 0.5) is 5.69 Å². The van der Waals surface area contributed by atoms with Gasteiger partial charge >= 0.3 is 5.97 Å². The molecule has 0 spiro atoms. The maximum absolute atomic E-state index is 11.2. The Morgan fingerprint density at radius 3 is 2.81 bits per heavy atom. The second kappa shape index (κ2) is 9.65. The Morgan fingerprint density at radius 1 is 1.33 bits per heavy atom. The number of hydrogen-bond donors (Lipinski definition) is 1. The zero-order valence-corrected chi connectivity index (χ0v) is 12.6. The van der Waals surface area contributed by atoms with E-state index in [0.29, 0.717) is 24.3 Å². The summed E-state index contributed by atoms with van der Waals surface area (Å²) in [6.07, 6.45) is 3.24. The average Bonchev–Trinajstić information content (AvgIpc) is 2.51. The molecule has 1 aromatic carbocycles. The molecule has 0 unspecified atom stereocenters. The number of benzene rings is 1. The summed E-state index contributed by atoms with van der Waals surface area (Å²) in [6, 6.07) is 7.39. The third-order valence-electron chi connectivity index (χ3n) is 3.01. The standard InChI is InChI=1S/C16H22N2O3/c1-3-21-16(19)7-5-4-6-10-18-14-9-8-13(12-17)11-15(14)20-2/h8-9,11,18H,3-7,10H2,1-2H3. The summed E-state index contributed by atoms with van der Waals surface area (Å²) in [6.45, 7) is 3.05. The number of esters is 1. The van der Waals surface area contributed by atoms with Gasteiger partial charge < -0.3 is 14.8 Å². The molecule has 1 rings (SSSR count). The second-order valence-corrected chi connectivity index (χ2v) is 4.57. The van der Waals surface area contributed by atoms with Crippen LogP contribution in [0.15, 0.2) is 18.2 Å². The van der Waals surface area contributed by atoms with Crippen molar-refractivity contribution >= 4 is 11.7 Å². The largest absolute Gasteiger partial charge is 0.495 e. The Morgan fingerprint density at radius 2 is 2.14 bits per heavy atom. The summed E-state index contributed by atoms with van der Waals surface area (Å²) in [7, 11) is 1.58. The van der Waals surface area contributed by atoms with Crippen molar-refractivity contribution in [3.63, 3.8) is 0 Å².